The van der Waals surface area contributed by atoms with Crippen molar-refractivity contribution in [2.24, 2.45) is 0 Å². The Labute approximate surface area is 219 Å². The molecule has 0 aliphatic carbocycles. The molecule has 0 fully saturated rings. The van der Waals surface area contributed by atoms with Crippen LogP contribution < -0.4 is 0 Å². The Morgan fingerprint density at radius 1 is 0.378 bits per heavy atom. The van der Waals surface area contributed by atoms with Gasteiger partial charge in [0.2, 0.25) is 0 Å². The van der Waals surface area contributed by atoms with Gasteiger partial charge < -0.3 is 0 Å². The second-order valence-corrected chi connectivity index (χ2v) is 9.98. The molecule has 0 atom stereocenters. The SMILES string of the molecule is Cc1ccccc1-c1ccc(-c2cccc(-c3cccc(Cc4ccc5ccccc5c4)c3)c2)cc1C. The summed E-state index contributed by atoms with van der Waals surface area (Å²) in [5, 5.41) is 2.59. The number of fused-ring (bicyclic) bond motifs is 1. The minimum atomic E-state index is 0.928. The van der Waals surface area contributed by atoms with E-state index in [2.05, 4.69) is 147 Å². The largest absolute Gasteiger partial charge is 0.0620 e. The highest BCUT2D eigenvalue weighted by molar-refractivity contribution is 5.83. The van der Waals surface area contributed by atoms with Gasteiger partial charge in [0.25, 0.3) is 0 Å². The molecular weight excluding hydrogens is 444 g/mol. The molecule has 0 saturated heterocycles. The molecule has 6 rings (SSSR count). The Morgan fingerprint density at radius 2 is 1.00 bits per heavy atom. The van der Waals surface area contributed by atoms with E-state index >= 15 is 0 Å². The minimum Gasteiger partial charge on any atom is -0.0620 e. The maximum Gasteiger partial charge on any atom is -0.00253 e. The van der Waals surface area contributed by atoms with Crippen molar-refractivity contribution in [3.05, 3.63) is 156 Å². The third kappa shape index (κ3) is 4.84. The van der Waals surface area contributed by atoms with Crippen LogP contribution in [0.1, 0.15) is 22.3 Å². The zero-order chi connectivity index (χ0) is 25.2. The van der Waals surface area contributed by atoms with Gasteiger partial charge in [-0.2, -0.15) is 0 Å². The molecule has 0 amide bonds. The molecule has 0 aliphatic rings. The summed E-state index contributed by atoms with van der Waals surface area (Å²) in [7, 11) is 0. The van der Waals surface area contributed by atoms with Gasteiger partial charge in [0.15, 0.2) is 0 Å². The highest BCUT2D eigenvalue weighted by atomic mass is 14.1. The molecule has 6 aromatic carbocycles. The van der Waals surface area contributed by atoms with Crippen LogP contribution in [-0.2, 0) is 6.42 Å². The molecule has 0 N–H and O–H groups in total. The highest BCUT2D eigenvalue weighted by Gasteiger charge is 2.08. The van der Waals surface area contributed by atoms with Crippen LogP contribution in [0, 0.1) is 13.8 Å². The topological polar surface area (TPSA) is 0 Å². The van der Waals surface area contributed by atoms with E-state index in [0.717, 1.165) is 6.42 Å². The first kappa shape index (κ1) is 23.0. The first-order valence-corrected chi connectivity index (χ1v) is 13.0. The molecule has 37 heavy (non-hydrogen) atoms. The lowest BCUT2D eigenvalue weighted by Gasteiger charge is -2.12. The average Bonchev–Trinajstić information content (AvgIpc) is 2.94. The molecule has 178 valence electrons. The molecule has 0 radical (unpaired) electrons. The summed E-state index contributed by atoms with van der Waals surface area (Å²) in [5.74, 6) is 0. The number of hydrogen-bond donors (Lipinski definition) is 0. The van der Waals surface area contributed by atoms with Gasteiger partial charge in [-0.3, -0.25) is 0 Å². The van der Waals surface area contributed by atoms with Gasteiger partial charge in [-0.15, -0.1) is 0 Å². The van der Waals surface area contributed by atoms with Gasteiger partial charge in [-0.1, -0.05) is 127 Å². The van der Waals surface area contributed by atoms with Crippen LogP contribution in [0.15, 0.2) is 133 Å². The lowest BCUT2D eigenvalue weighted by atomic mass is 9.92. The number of benzene rings is 6. The summed E-state index contributed by atoms with van der Waals surface area (Å²) in [6, 6.07) is 48.7. The third-order valence-electron chi connectivity index (χ3n) is 7.34. The van der Waals surface area contributed by atoms with Gasteiger partial charge in [-0.05, 0) is 92.7 Å². The summed E-state index contributed by atoms with van der Waals surface area (Å²) in [5.41, 5.74) is 12.9. The first-order valence-electron chi connectivity index (χ1n) is 13.0. The molecule has 0 heteroatoms. The third-order valence-corrected chi connectivity index (χ3v) is 7.34. The smallest absolute Gasteiger partial charge is 0.00253 e. The van der Waals surface area contributed by atoms with Gasteiger partial charge in [0, 0.05) is 0 Å². The van der Waals surface area contributed by atoms with E-state index < -0.39 is 0 Å². The summed E-state index contributed by atoms with van der Waals surface area (Å²) in [6.45, 7) is 4.39. The molecule has 0 unspecified atom stereocenters. The first-order chi connectivity index (χ1) is 18.1. The van der Waals surface area contributed by atoms with Crippen LogP contribution in [0.3, 0.4) is 0 Å². The summed E-state index contributed by atoms with van der Waals surface area (Å²) in [4.78, 5) is 0. The Kier molecular flexibility index (Phi) is 6.16. The minimum absolute atomic E-state index is 0.928. The van der Waals surface area contributed by atoms with Crippen molar-refractivity contribution in [1.82, 2.24) is 0 Å². The molecule has 6 aromatic rings. The van der Waals surface area contributed by atoms with E-state index in [-0.39, 0.29) is 0 Å². The predicted molar refractivity (Wildman–Crippen MR) is 159 cm³/mol. The van der Waals surface area contributed by atoms with Crippen molar-refractivity contribution in [1.29, 1.82) is 0 Å². The van der Waals surface area contributed by atoms with E-state index in [1.807, 2.05) is 0 Å². The quantitative estimate of drug-likeness (QED) is 0.233. The monoisotopic (exact) mass is 474 g/mol. The fourth-order valence-corrected chi connectivity index (χ4v) is 5.34. The van der Waals surface area contributed by atoms with E-state index in [1.54, 1.807) is 0 Å². The highest BCUT2D eigenvalue weighted by Crippen LogP contribution is 2.32. The van der Waals surface area contributed by atoms with Gasteiger partial charge in [0.1, 0.15) is 0 Å². The predicted octanol–water partition coefficient (Wildman–Crippen LogP) is 10.0. The average molecular weight is 475 g/mol. The van der Waals surface area contributed by atoms with Crippen LogP contribution in [0.2, 0.25) is 0 Å². The Bertz CT molecular complexity index is 1720. The fraction of sp³-hybridized carbons (Fsp3) is 0.0811. The van der Waals surface area contributed by atoms with E-state index in [0.29, 0.717) is 0 Å². The molecule has 0 spiro atoms. The second kappa shape index (κ2) is 9.91. The number of aryl methyl sites for hydroxylation is 2. The van der Waals surface area contributed by atoms with Crippen LogP contribution >= 0.6 is 0 Å². The normalized spacial score (nSPS) is 11.1. The molecular formula is C37H30. The van der Waals surface area contributed by atoms with Crippen molar-refractivity contribution in [2.75, 3.05) is 0 Å². The van der Waals surface area contributed by atoms with Gasteiger partial charge in [-0.25, -0.2) is 0 Å². The summed E-state index contributed by atoms with van der Waals surface area (Å²) in [6.07, 6.45) is 0.928. The van der Waals surface area contributed by atoms with Crippen molar-refractivity contribution in [3.8, 4) is 33.4 Å². The number of rotatable bonds is 5. The molecule has 0 saturated carbocycles. The molecule has 0 aliphatic heterocycles. The lowest BCUT2D eigenvalue weighted by Crippen LogP contribution is -1.90. The zero-order valence-corrected chi connectivity index (χ0v) is 21.4. The maximum atomic E-state index is 2.33. The van der Waals surface area contributed by atoms with Crippen LogP contribution in [0.5, 0.6) is 0 Å². The van der Waals surface area contributed by atoms with Crippen molar-refractivity contribution in [2.45, 2.75) is 20.3 Å². The van der Waals surface area contributed by atoms with E-state index in [1.165, 1.54) is 66.4 Å². The Morgan fingerprint density at radius 3 is 1.78 bits per heavy atom. The van der Waals surface area contributed by atoms with Gasteiger partial charge in [0.05, 0.1) is 0 Å². The molecule has 0 aromatic heterocycles. The standard InChI is InChI=1S/C37H30/c1-26-9-3-6-16-36(26)37-20-19-35(21-27(37)2)34-15-8-14-33(25-34)32-13-7-10-28(23-32)22-29-17-18-30-11-4-5-12-31(30)24-29/h3-21,23-25H,22H2,1-2H3. The Balaban J connectivity index is 1.28. The van der Waals surface area contributed by atoms with Crippen LogP contribution in [-0.4, -0.2) is 0 Å². The van der Waals surface area contributed by atoms with Crippen molar-refractivity contribution >= 4 is 10.8 Å². The lowest BCUT2D eigenvalue weighted by molar-refractivity contribution is 1.20. The van der Waals surface area contributed by atoms with Crippen LogP contribution in [0.4, 0.5) is 0 Å². The molecule has 0 heterocycles. The molecule has 0 nitrogen and oxygen atoms in total. The summed E-state index contributed by atoms with van der Waals surface area (Å²) < 4.78 is 0. The zero-order valence-electron chi connectivity index (χ0n) is 21.4. The van der Waals surface area contributed by atoms with E-state index in [4.69, 9.17) is 0 Å². The van der Waals surface area contributed by atoms with Gasteiger partial charge >= 0.3 is 0 Å². The number of hydrogen-bond acceptors (Lipinski definition) is 0. The maximum absolute atomic E-state index is 2.33. The Hall–Kier alpha value is -4.42. The van der Waals surface area contributed by atoms with Crippen LogP contribution in [0.25, 0.3) is 44.2 Å². The van der Waals surface area contributed by atoms with Crippen molar-refractivity contribution in [3.63, 3.8) is 0 Å². The second-order valence-electron chi connectivity index (χ2n) is 9.98. The van der Waals surface area contributed by atoms with Crippen molar-refractivity contribution < 1.29 is 0 Å². The summed E-state index contributed by atoms with van der Waals surface area (Å²) >= 11 is 0. The molecule has 0 bridgehead atoms. The fourth-order valence-electron chi connectivity index (χ4n) is 5.34. The van der Waals surface area contributed by atoms with E-state index in [9.17, 15) is 0 Å².